The van der Waals surface area contributed by atoms with E-state index in [9.17, 15) is 0 Å². The molecule has 2 nitrogen and oxygen atoms in total. The molecule has 0 aromatic heterocycles. The zero-order valence-electron chi connectivity index (χ0n) is 12.7. The van der Waals surface area contributed by atoms with Crippen molar-refractivity contribution >= 4 is 0 Å². The molecule has 0 amide bonds. The SMILES string of the molecule is CC(NC1CCCC1CN)c1ccc2c(c1)CCCC2. The Kier molecular flexibility index (Phi) is 4.42. The Bertz CT molecular complexity index is 455. The predicted molar refractivity (Wildman–Crippen MR) is 84.8 cm³/mol. The monoisotopic (exact) mass is 272 g/mol. The van der Waals surface area contributed by atoms with Gasteiger partial charge in [-0.3, -0.25) is 0 Å². The molecule has 110 valence electrons. The maximum Gasteiger partial charge on any atom is 0.0294 e. The first kappa shape index (κ1) is 14.1. The summed E-state index contributed by atoms with van der Waals surface area (Å²) in [6.07, 6.45) is 9.18. The third-order valence-electron chi connectivity index (χ3n) is 5.30. The number of rotatable bonds is 4. The molecule has 1 aromatic carbocycles. The number of benzene rings is 1. The van der Waals surface area contributed by atoms with E-state index in [2.05, 4.69) is 30.4 Å². The van der Waals surface area contributed by atoms with Crippen molar-refractivity contribution in [3.8, 4) is 0 Å². The summed E-state index contributed by atoms with van der Waals surface area (Å²) in [4.78, 5) is 0. The van der Waals surface area contributed by atoms with Gasteiger partial charge in [-0.1, -0.05) is 24.6 Å². The Hall–Kier alpha value is -0.860. The highest BCUT2D eigenvalue weighted by Gasteiger charge is 2.27. The van der Waals surface area contributed by atoms with E-state index < -0.39 is 0 Å². The highest BCUT2D eigenvalue weighted by Crippen LogP contribution is 2.29. The summed E-state index contributed by atoms with van der Waals surface area (Å²) in [5.41, 5.74) is 10.5. The van der Waals surface area contributed by atoms with Crippen molar-refractivity contribution in [1.29, 1.82) is 0 Å². The molecular formula is C18H28N2. The van der Waals surface area contributed by atoms with E-state index in [0.717, 1.165) is 6.54 Å². The fourth-order valence-corrected chi connectivity index (χ4v) is 3.98. The minimum Gasteiger partial charge on any atom is -0.330 e. The van der Waals surface area contributed by atoms with Crippen LogP contribution in [0.2, 0.25) is 0 Å². The topological polar surface area (TPSA) is 38.0 Å². The first-order valence-electron chi connectivity index (χ1n) is 8.35. The van der Waals surface area contributed by atoms with E-state index in [0.29, 0.717) is 18.0 Å². The van der Waals surface area contributed by atoms with E-state index in [1.165, 1.54) is 50.5 Å². The highest BCUT2D eigenvalue weighted by atomic mass is 15.0. The molecule has 20 heavy (non-hydrogen) atoms. The fraction of sp³-hybridized carbons (Fsp3) is 0.667. The summed E-state index contributed by atoms with van der Waals surface area (Å²) in [6, 6.07) is 8.19. The smallest absolute Gasteiger partial charge is 0.0294 e. The van der Waals surface area contributed by atoms with Gasteiger partial charge in [0, 0.05) is 12.1 Å². The molecular weight excluding hydrogens is 244 g/mol. The van der Waals surface area contributed by atoms with Crippen molar-refractivity contribution in [3.63, 3.8) is 0 Å². The highest BCUT2D eigenvalue weighted by molar-refractivity contribution is 5.35. The van der Waals surface area contributed by atoms with Crippen LogP contribution < -0.4 is 11.1 Å². The number of hydrogen-bond acceptors (Lipinski definition) is 2. The number of fused-ring (bicyclic) bond motifs is 1. The van der Waals surface area contributed by atoms with E-state index in [-0.39, 0.29) is 0 Å². The van der Waals surface area contributed by atoms with Crippen LogP contribution >= 0.6 is 0 Å². The summed E-state index contributed by atoms with van der Waals surface area (Å²) in [5, 5.41) is 3.82. The molecule has 0 aliphatic heterocycles. The normalized spacial score (nSPS) is 27.3. The van der Waals surface area contributed by atoms with Crippen LogP contribution in [-0.4, -0.2) is 12.6 Å². The lowest BCUT2D eigenvalue weighted by Gasteiger charge is -2.26. The van der Waals surface area contributed by atoms with Crippen molar-refractivity contribution in [2.75, 3.05) is 6.54 Å². The quantitative estimate of drug-likeness (QED) is 0.882. The molecule has 1 fully saturated rings. The zero-order valence-corrected chi connectivity index (χ0v) is 12.7. The van der Waals surface area contributed by atoms with Crippen LogP contribution in [0.5, 0.6) is 0 Å². The Morgan fingerprint density at radius 1 is 1.15 bits per heavy atom. The second-order valence-electron chi connectivity index (χ2n) is 6.66. The van der Waals surface area contributed by atoms with Gasteiger partial charge in [0.15, 0.2) is 0 Å². The van der Waals surface area contributed by atoms with E-state index >= 15 is 0 Å². The average Bonchev–Trinajstić information content (AvgIpc) is 2.94. The number of hydrogen-bond donors (Lipinski definition) is 2. The van der Waals surface area contributed by atoms with Gasteiger partial charge >= 0.3 is 0 Å². The Morgan fingerprint density at radius 3 is 2.75 bits per heavy atom. The molecule has 0 bridgehead atoms. The summed E-state index contributed by atoms with van der Waals surface area (Å²) >= 11 is 0. The van der Waals surface area contributed by atoms with Gasteiger partial charge in [0.1, 0.15) is 0 Å². The maximum atomic E-state index is 5.89. The summed E-state index contributed by atoms with van der Waals surface area (Å²) in [7, 11) is 0. The van der Waals surface area contributed by atoms with Crippen molar-refractivity contribution in [3.05, 3.63) is 34.9 Å². The molecule has 0 spiro atoms. The Morgan fingerprint density at radius 2 is 1.95 bits per heavy atom. The van der Waals surface area contributed by atoms with Crippen LogP contribution in [0.3, 0.4) is 0 Å². The minimum absolute atomic E-state index is 0.444. The zero-order chi connectivity index (χ0) is 13.9. The largest absolute Gasteiger partial charge is 0.330 e. The van der Waals surface area contributed by atoms with Gasteiger partial charge in [0.05, 0.1) is 0 Å². The van der Waals surface area contributed by atoms with Crippen LogP contribution in [0.15, 0.2) is 18.2 Å². The summed E-state index contributed by atoms with van der Waals surface area (Å²) in [5.74, 6) is 0.676. The maximum absolute atomic E-state index is 5.89. The lowest BCUT2D eigenvalue weighted by atomic mass is 9.89. The first-order chi connectivity index (χ1) is 9.78. The molecule has 2 aliphatic rings. The van der Waals surface area contributed by atoms with Crippen LogP contribution in [0, 0.1) is 5.92 Å². The third kappa shape index (κ3) is 2.91. The van der Waals surface area contributed by atoms with Gasteiger partial charge in [-0.15, -0.1) is 0 Å². The molecule has 0 radical (unpaired) electrons. The van der Waals surface area contributed by atoms with Gasteiger partial charge in [0.2, 0.25) is 0 Å². The molecule has 2 aliphatic carbocycles. The van der Waals surface area contributed by atoms with Crippen LogP contribution in [-0.2, 0) is 12.8 Å². The van der Waals surface area contributed by atoms with Crippen molar-refractivity contribution in [2.45, 2.75) is 64.0 Å². The lowest BCUT2D eigenvalue weighted by molar-refractivity contribution is 0.373. The predicted octanol–water partition coefficient (Wildman–Crippen LogP) is 3.34. The standard InChI is InChI=1S/C18H28N2/c1-13(20-18-8-4-7-17(18)12-19)15-10-9-14-5-2-3-6-16(14)11-15/h9-11,13,17-18,20H,2-8,12,19H2,1H3. The number of aryl methyl sites for hydroxylation is 2. The second kappa shape index (κ2) is 6.28. The van der Waals surface area contributed by atoms with Gasteiger partial charge < -0.3 is 11.1 Å². The van der Waals surface area contributed by atoms with E-state index in [4.69, 9.17) is 5.73 Å². The van der Waals surface area contributed by atoms with Crippen molar-refractivity contribution in [2.24, 2.45) is 11.7 Å². The average molecular weight is 272 g/mol. The number of nitrogens with two attached hydrogens (primary N) is 1. The molecule has 0 heterocycles. The number of nitrogens with one attached hydrogen (secondary N) is 1. The Labute approximate surface area is 123 Å². The van der Waals surface area contributed by atoms with Gasteiger partial charge in [-0.2, -0.15) is 0 Å². The summed E-state index contributed by atoms with van der Waals surface area (Å²) < 4.78 is 0. The van der Waals surface area contributed by atoms with Gasteiger partial charge in [0.25, 0.3) is 0 Å². The molecule has 1 aromatic rings. The van der Waals surface area contributed by atoms with Crippen LogP contribution in [0.4, 0.5) is 0 Å². The van der Waals surface area contributed by atoms with E-state index in [1.807, 2.05) is 0 Å². The van der Waals surface area contributed by atoms with Crippen LogP contribution in [0.1, 0.15) is 61.8 Å². The molecule has 1 saturated carbocycles. The van der Waals surface area contributed by atoms with Crippen LogP contribution in [0.25, 0.3) is 0 Å². The summed E-state index contributed by atoms with van der Waals surface area (Å²) in [6.45, 7) is 3.13. The molecule has 3 N–H and O–H groups in total. The minimum atomic E-state index is 0.444. The molecule has 3 unspecified atom stereocenters. The molecule has 2 heteroatoms. The molecule has 3 atom stereocenters. The molecule has 0 saturated heterocycles. The second-order valence-corrected chi connectivity index (χ2v) is 6.66. The fourth-order valence-electron chi connectivity index (χ4n) is 3.98. The van der Waals surface area contributed by atoms with Gasteiger partial charge in [-0.05, 0) is 74.6 Å². The lowest BCUT2D eigenvalue weighted by Crippen LogP contribution is -2.37. The van der Waals surface area contributed by atoms with Crippen molar-refractivity contribution in [1.82, 2.24) is 5.32 Å². The Balaban J connectivity index is 1.69. The molecule has 3 rings (SSSR count). The first-order valence-corrected chi connectivity index (χ1v) is 8.35. The third-order valence-corrected chi connectivity index (χ3v) is 5.30. The van der Waals surface area contributed by atoms with Crippen molar-refractivity contribution < 1.29 is 0 Å². The van der Waals surface area contributed by atoms with E-state index in [1.54, 1.807) is 11.1 Å². The van der Waals surface area contributed by atoms with Gasteiger partial charge in [-0.25, -0.2) is 0 Å².